The quantitative estimate of drug-likeness (QED) is 0.432. The van der Waals surface area contributed by atoms with Crippen LogP contribution in [0.3, 0.4) is 0 Å². The first-order chi connectivity index (χ1) is 8.58. The number of nitrogens with zero attached hydrogens (tertiary/aromatic N) is 2. The van der Waals surface area contributed by atoms with Crippen LogP contribution in [0.25, 0.3) is 0 Å². The van der Waals surface area contributed by atoms with Crippen molar-refractivity contribution in [2.75, 3.05) is 20.3 Å². The number of nitrogens with one attached hydrogen (secondary N) is 1. The minimum atomic E-state index is -0.348. The van der Waals surface area contributed by atoms with Gasteiger partial charge in [0.1, 0.15) is 0 Å². The van der Waals surface area contributed by atoms with E-state index >= 15 is 0 Å². The standard InChI is InChI=1S/C11H20N4O2S/c1-8(2)15(4-5-17-3)6-9-7-18-11(13-9)10(16)14-12/h7-8H,4-6,12H2,1-3H3,(H,14,16). The highest BCUT2D eigenvalue weighted by Gasteiger charge is 2.14. The number of carbonyl (C=O) groups is 1. The number of aromatic nitrogens is 1. The third-order valence-corrected chi connectivity index (χ3v) is 3.44. The molecule has 0 fully saturated rings. The van der Waals surface area contributed by atoms with Gasteiger partial charge < -0.3 is 4.74 Å². The lowest BCUT2D eigenvalue weighted by Crippen LogP contribution is -2.33. The summed E-state index contributed by atoms with van der Waals surface area (Å²) in [6.07, 6.45) is 0. The monoisotopic (exact) mass is 272 g/mol. The molecule has 0 saturated carbocycles. The fraction of sp³-hybridized carbons (Fsp3) is 0.636. The average molecular weight is 272 g/mol. The fourth-order valence-electron chi connectivity index (χ4n) is 1.48. The van der Waals surface area contributed by atoms with Crippen LogP contribution in [0.4, 0.5) is 0 Å². The van der Waals surface area contributed by atoms with Crippen molar-refractivity contribution in [1.82, 2.24) is 15.3 Å². The van der Waals surface area contributed by atoms with Crippen molar-refractivity contribution in [3.8, 4) is 0 Å². The Bertz CT molecular complexity index is 381. The number of carbonyl (C=O) groups excluding carboxylic acids is 1. The van der Waals surface area contributed by atoms with Gasteiger partial charge in [0.25, 0.3) is 5.91 Å². The number of thiazole rings is 1. The summed E-state index contributed by atoms with van der Waals surface area (Å²) in [5, 5.41) is 2.27. The first kappa shape index (κ1) is 15.0. The highest BCUT2D eigenvalue weighted by atomic mass is 32.1. The second-order valence-corrected chi connectivity index (χ2v) is 5.03. The van der Waals surface area contributed by atoms with Crippen molar-refractivity contribution in [2.45, 2.75) is 26.4 Å². The molecule has 0 aliphatic carbocycles. The van der Waals surface area contributed by atoms with E-state index in [-0.39, 0.29) is 5.91 Å². The first-order valence-corrected chi connectivity index (χ1v) is 6.64. The van der Waals surface area contributed by atoms with E-state index in [9.17, 15) is 4.79 Å². The van der Waals surface area contributed by atoms with Crippen LogP contribution >= 0.6 is 11.3 Å². The number of nitrogen functional groups attached to an aromatic ring is 1. The minimum Gasteiger partial charge on any atom is -0.383 e. The SMILES string of the molecule is COCCN(Cc1csc(C(=O)NN)n1)C(C)C. The molecule has 7 heteroatoms. The Balaban J connectivity index is 2.63. The van der Waals surface area contributed by atoms with Gasteiger partial charge in [-0.25, -0.2) is 10.8 Å². The zero-order chi connectivity index (χ0) is 13.5. The third-order valence-electron chi connectivity index (χ3n) is 2.56. The molecule has 1 aromatic rings. The molecule has 6 nitrogen and oxygen atoms in total. The number of nitrogens with two attached hydrogens (primary N) is 1. The maximum Gasteiger partial charge on any atom is 0.294 e. The summed E-state index contributed by atoms with van der Waals surface area (Å²) in [5.74, 6) is 4.72. The van der Waals surface area contributed by atoms with Crippen molar-refractivity contribution in [1.29, 1.82) is 0 Å². The summed E-state index contributed by atoms with van der Waals surface area (Å²) >= 11 is 1.30. The number of hydrogen-bond donors (Lipinski definition) is 2. The number of ether oxygens (including phenoxy) is 1. The van der Waals surface area contributed by atoms with Crippen molar-refractivity contribution >= 4 is 17.2 Å². The summed E-state index contributed by atoms with van der Waals surface area (Å²) in [7, 11) is 1.69. The molecule has 3 N–H and O–H groups in total. The van der Waals surface area contributed by atoms with Gasteiger partial charge in [0.15, 0.2) is 5.01 Å². The summed E-state index contributed by atoms with van der Waals surface area (Å²) in [5.41, 5.74) is 2.96. The molecule has 1 aromatic heterocycles. The maximum atomic E-state index is 11.3. The third kappa shape index (κ3) is 4.34. The van der Waals surface area contributed by atoms with E-state index in [4.69, 9.17) is 10.6 Å². The number of amides is 1. The Morgan fingerprint density at radius 3 is 2.94 bits per heavy atom. The average Bonchev–Trinajstić information content (AvgIpc) is 2.81. The van der Waals surface area contributed by atoms with E-state index in [2.05, 4.69) is 29.2 Å². The van der Waals surface area contributed by atoms with Gasteiger partial charge in [-0.2, -0.15) is 0 Å². The summed E-state index contributed by atoms with van der Waals surface area (Å²) < 4.78 is 5.08. The number of rotatable bonds is 7. The number of hydrogen-bond acceptors (Lipinski definition) is 6. The van der Waals surface area contributed by atoms with Crippen molar-refractivity contribution in [3.05, 3.63) is 16.1 Å². The Labute approximate surface area is 111 Å². The smallest absolute Gasteiger partial charge is 0.294 e. The maximum absolute atomic E-state index is 11.3. The van der Waals surface area contributed by atoms with Gasteiger partial charge >= 0.3 is 0 Å². The van der Waals surface area contributed by atoms with Crippen LogP contribution in [0, 0.1) is 0 Å². The molecule has 0 unspecified atom stereocenters. The predicted molar refractivity (Wildman–Crippen MR) is 71.2 cm³/mol. The van der Waals surface area contributed by atoms with Gasteiger partial charge in [0.2, 0.25) is 0 Å². The zero-order valence-electron chi connectivity index (χ0n) is 11.0. The molecule has 0 spiro atoms. The van der Waals surface area contributed by atoms with Gasteiger partial charge in [-0.1, -0.05) is 0 Å². The van der Waals surface area contributed by atoms with Gasteiger partial charge in [-0.3, -0.25) is 15.1 Å². The van der Waals surface area contributed by atoms with E-state index in [1.54, 1.807) is 7.11 Å². The minimum absolute atomic E-state index is 0.348. The van der Waals surface area contributed by atoms with E-state index in [0.29, 0.717) is 24.2 Å². The van der Waals surface area contributed by atoms with Crippen LogP contribution in [-0.4, -0.2) is 42.1 Å². The first-order valence-electron chi connectivity index (χ1n) is 5.76. The molecule has 18 heavy (non-hydrogen) atoms. The Morgan fingerprint density at radius 1 is 1.67 bits per heavy atom. The van der Waals surface area contributed by atoms with E-state index in [1.807, 2.05) is 5.38 Å². The predicted octanol–water partition coefficient (Wildman–Crippen LogP) is 0.603. The van der Waals surface area contributed by atoms with Crippen molar-refractivity contribution in [2.24, 2.45) is 5.84 Å². The largest absolute Gasteiger partial charge is 0.383 e. The van der Waals surface area contributed by atoms with Crippen LogP contribution in [0.1, 0.15) is 29.3 Å². The molecule has 0 saturated heterocycles. The lowest BCUT2D eigenvalue weighted by atomic mass is 10.3. The molecule has 0 bridgehead atoms. The van der Waals surface area contributed by atoms with Gasteiger partial charge in [0.05, 0.1) is 12.3 Å². The molecule has 0 aliphatic rings. The number of methoxy groups -OCH3 is 1. The molecular formula is C11H20N4O2S. The topological polar surface area (TPSA) is 80.5 Å². The number of hydrazine groups is 1. The molecule has 0 atom stereocenters. The normalized spacial score (nSPS) is 11.2. The molecule has 1 heterocycles. The summed E-state index contributed by atoms with van der Waals surface area (Å²) in [4.78, 5) is 17.8. The molecule has 0 aliphatic heterocycles. The lowest BCUT2D eigenvalue weighted by Gasteiger charge is -2.25. The van der Waals surface area contributed by atoms with Crippen LogP contribution in [0.2, 0.25) is 0 Å². The molecule has 1 rings (SSSR count). The Morgan fingerprint density at radius 2 is 2.39 bits per heavy atom. The lowest BCUT2D eigenvalue weighted by molar-refractivity contribution is 0.0952. The van der Waals surface area contributed by atoms with Crippen LogP contribution in [0.5, 0.6) is 0 Å². The van der Waals surface area contributed by atoms with Gasteiger partial charge in [-0.05, 0) is 13.8 Å². The van der Waals surface area contributed by atoms with Crippen LogP contribution < -0.4 is 11.3 Å². The highest BCUT2D eigenvalue weighted by Crippen LogP contribution is 2.13. The Kier molecular flexibility index (Phi) is 6.20. The molecule has 0 aromatic carbocycles. The fourth-order valence-corrected chi connectivity index (χ4v) is 2.19. The second kappa shape index (κ2) is 7.42. The Hall–Kier alpha value is -1.02. The summed E-state index contributed by atoms with van der Waals surface area (Å²) in [6.45, 7) is 6.46. The van der Waals surface area contributed by atoms with E-state index < -0.39 is 0 Å². The van der Waals surface area contributed by atoms with Crippen molar-refractivity contribution < 1.29 is 9.53 Å². The molecule has 102 valence electrons. The second-order valence-electron chi connectivity index (χ2n) is 4.17. The van der Waals surface area contributed by atoms with Gasteiger partial charge in [0, 0.05) is 31.6 Å². The van der Waals surface area contributed by atoms with Gasteiger partial charge in [-0.15, -0.1) is 11.3 Å². The van der Waals surface area contributed by atoms with E-state index in [0.717, 1.165) is 12.2 Å². The molecule has 0 radical (unpaired) electrons. The summed E-state index contributed by atoms with van der Waals surface area (Å²) in [6, 6.07) is 0.397. The van der Waals surface area contributed by atoms with Crippen molar-refractivity contribution in [3.63, 3.8) is 0 Å². The van der Waals surface area contributed by atoms with E-state index in [1.165, 1.54) is 11.3 Å². The van der Waals surface area contributed by atoms with Crippen LogP contribution in [-0.2, 0) is 11.3 Å². The highest BCUT2D eigenvalue weighted by molar-refractivity contribution is 7.11. The van der Waals surface area contributed by atoms with Crippen LogP contribution in [0.15, 0.2) is 5.38 Å². The zero-order valence-corrected chi connectivity index (χ0v) is 11.8. The molecular weight excluding hydrogens is 252 g/mol. The molecule has 1 amide bonds.